The van der Waals surface area contributed by atoms with Crippen molar-refractivity contribution in [2.24, 2.45) is 17.8 Å². The molecule has 2 aromatic carbocycles. The molecule has 2 aromatic rings. The Morgan fingerprint density at radius 3 is 1.74 bits per heavy atom. The lowest BCUT2D eigenvalue weighted by atomic mass is 9.95. The SMILES string of the molecule is CC[C@H](C)[C@@H]1NC(=O)[C@H](C)N(C)C(=O)C[C@@H](C)N(C)C(=O)[C@H](CC(C)C)NC(=O)C(C)(C)N(C)C(=O)[C@H](CC(C)C)NC(=O)[C@H](CCc2ccc(C(F)(F)F)c(Cl)c2)NC(=O)CN(C)C(=O)[C@H](Cc2ccc(C)cc2)N(C)C(=O)[C@@H]2CCN2C(=O)CN(C)C1=O. The van der Waals surface area contributed by atoms with E-state index in [9.17, 15) is 65.9 Å². The van der Waals surface area contributed by atoms with Gasteiger partial charge in [0.25, 0.3) is 0 Å². The molecule has 0 radical (unpaired) electrons. The average Bonchev–Trinajstić information content (AvgIpc) is 0.858. The first-order chi connectivity index (χ1) is 41.7. The van der Waals surface area contributed by atoms with Gasteiger partial charge in [-0.15, -0.1) is 0 Å². The van der Waals surface area contributed by atoms with Gasteiger partial charge < -0.3 is 55.6 Å². The number of amides is 11. The number of rotatable bonds is 11. The lowest BCUT2D eigenvalue weighted by Gasteiger charge is -2.43. The summed E-state index contributed by atoms with van der Waals surface area (Å²) in [6.45, 7) is 17.7. The van der Waals surface area contributed by atoms with Gasteiger partial charge in [-0.2, -0.15) is 13.2 Å². The Labute approximate surface area is 533 Å². The Bertz CT molecular complexity index is 2950. The third-order valence-corrected chi connectivity index (χ3v) is 17.8. The second-order valence-corrected chi connectivity index (χ2v) is 26.2. The highest BCUT2D eigenvalue weighted by molar-refractivity contribution is 6.31. The molecule has 0 unspecified atom stereocenters. The van der Waals surface area contributed by atoms with Crippen LogP contribution in [-0.2, 0) is 71.8 Å². The maximum absolute atomic E-state index is 14.8. The summed E-state index contributed by atoms with van der Waals surface area (Å²) in [6.07, 6.45) is -4.62. The fourth-order valence-electron chi connectivity index (χ4n) is 10.6. The third kappa shape index (κ3) is 19.6. The molecule has 0 spiro atoms. The largest absolute Gasteiger partial charge is 0.417 e. The standard InChI is InChI=1S/C64H95ClF3N11O11/c1-18-39(7)54-61(89)74(13)35-53(82)79-28-27-49(79)60(88)77(16)50(33-43-21-19-38(6)20-22-43)59(87)73(12)34-51(80)69-46(26-24-42-23-25-44(45(65)32-42)64(66,67)68)56(84)70-48(30-37(4)5)58(86)78(17)63(10,11)62(90)71-47(29-36(2)3)57(85)75(14)40(8)31-52(81)76(15)41(9)55(83)72-54/h19-23,25,32,36-37,39-41,46-50,54H,18,24,26-31,33-35H2,1-17H3,(H,69,80)(H,70,84)(H,71,90)(H,72,83)/t39-,40+,41-,46-,47-,48-,49-,50-,54-/m0/s1. The van der Waals surface area contributed by atoms with E-state index in [-0.39, 0.29) is 68.9 Å². The van der Waals surface area contributed by atoms with E-state index in [0.29, 0.717) is 12.0 Å². The Morgan fingerprint density at radius 2 is 1.21 bits per heavy atom. The van der Waals surface area contributed by atoms with Gasteiger partial charge in [-0.1, -0.05) is 95.5 Å². The molecular formula is C64H95ClF3N11O11. The molecule has 4 N–H and O–H groups in total. The zero-order chi connectivity index (χ0) is 68.2. The molecule has 11 amide bonds. The zero-order valence-corrected chi connectivity index (χ0v) is 56.1. The van der Waals surface area contributed by atoms with Crippen molar-refractivity contribution < 1.29 is 65.9 Å². The van der Waals surface area contributed by atoms with Crippen LogP contribution in [0.5, 0.6) is 0 Å². The van der Waals surface area contributed by atoms with E-state index in [4.69, 9.17) is 11.6 Å². The first kappa shape index (κ1) is 75.2. The number of nitrogens with one attached hydrogen (secondary N) is 4. The fourth-order valence-corrected chi connectivity index (χ4v) is 10.9. The van der Waals surface area contributed by atoms with Gasteiger partial charge in [0.2, 0.25) is 65.0 Å². The summed E-state index contributed by atoms with van der Waals surface area (Å²) in [7, 11) is 8.36. The number of hydrogen-bond donors (Lipinski definition) is 4. The van der Waals surface area contributed by atoms with E-state index in [1.807, 2.05) is 39.8 Å². The number of carbonyl (C=O) groups excluding carboxylic acids is 11. The summed E-state index contributed by atoms with van der Waals surface area (Å²) in [6, 6.07) is 0.931. The number of alkyl halides is 3. The maximum Gasteiger partial charge on any atom is 0.417 e. The van der Waals surface area contributed by atoms with E-state index in [1.54, 1.807) is 39.8 Å². The summed E-state index contributed by atoms with van der Waals surface area (Å²) >= 11 is 6.09. The molecule has 9 atom stereocenters. The van der Waals surface area contributed by atoms with Crippen LogP contribution in [0.1, 0.15) is 130 Å². The Kier molecular flexibility index (Phi) is 26.8. The van der Waals surface area contributed by atoms with Crippen LogP contribution in [0.4, 0.5) is 13.2 Å². The van der Waals surface area contributed by atoms with Crippen molar-refractivity contribution >= 4 is 76.6 Å². The van der Waals surface area contributed by atoms with Gasteiger partial charge in [-0.3, -0.25) is 52.7 Å². The van der Waals surface area contributed by atoms with Crippen molar-refractivity contribution in [3.63, 3.8) is 0 Å². The zero-order valence-electron chi connectivity index (χ0n) is 55.3. The number of nitrogens with zero attached hydrogens (tertiary/aromatic N) is 7. The minimum absolute atomic E-state index is 0.0181. The molecule has 22 nitrogen and oxygen atoms in total. The van der Waals surface area contributed by atoms with Crippen LogP contribution >= 0.6 is 11.6 Å². The van der Waals surface area contributed by atoms with Gasteiger partial charge in [-0.25, -0.2) is 0 Å². The number of halogens is 4. The van der Waals surface area contributed by atoms with Crippen LogP contribution in [0.2, 0.25) is 5.02 Å². The lowest BCUT2D eigenvalue weighted by molar-refractivity contribution is -0.157. The first-order valence-electron chi connectivity index (χ1n) is 30.7. The second-order valence-electron chi connectivity index (χ2n) is 25.8. The Balaban J connectivity index is 1.82. The molecule has 26 heteroatoms. The van der Waals surface area contributed by atoms with Crippen LogP contribution < -0.4 is 21.3 Å². The summed E-state index contributed by atoms with van der Waals surface area (Å²) in [5.41, 5.74) is -0.953. The topological polar surface area (TPSA) is 259 Å². The van der Waals surface area contributed by atoms with Gasteiger partial charge >= 0.3 is 6.18 Å². The number of benzene rings is 2. The van der Waals surface area contributed by atoms with Gasteiger partial charge in [0.15, 0.2) is 0 Å². The van der Waals surface area contributed by atoms with Gasteiger partial charge in [-0.05, 0) is 108 Å². The van der Waals surface area contributed by atoms with Crippen molar-refractivity contribution in [3.8, 4) is 0 Å². The highest BCUT2D eigenvalue weighted by atomic mass is 35.5. The Hall–Kier alpha value is -7.31. The minimum Gasteiger partial charge on any atom is -0.343 e. The number of likely N-dealkylation sites (N-methyl/N-ethyl adjacent to an activating group) is 6. The number of fused-ring (bicyclic) bond motifs is 1. The lowest BCUT2D eigenvalue weighted by Crippen LogP contribution is -2.63. The van der Waals surface area contributed by atoms with Crippen LogP contribution in [-0.4, -0.2) is 215 Å². The van der Waals surface area contributed by atoms with Crippen LogP contribution in [0.3, 0.4) is 0 Å². The molecule has 2 fully saturated rings. The Morgan fingerprint density at radius 1 is 0.644 bits per heavy atom. The van der Waals surface area contributed by atoms with Crippen LogP contribution in [0.25, 0.3) is 0 Å². The van der Waals surface area contributed by atoms with Gasteiger partial charge in [0.1, 0.15) is 47.8 Å². The van der Waals surface area contributed by atoms with Gasteiger partial charge in [0.05, 0.1) is 23.7 Å². The average molecular weight is 1290 g/mol. The molecule has 0 bridgehead atoms. The summed E-state index contributed by atoms with van der Waals surface area (Å²) in [5.74, 6) is -8.33. The summed E-state index contributed by atoms with van der Waals surface area (Å²) in [5, 5.41) is 10.4. The van der Waals surface area contributed by atoms with Crippen molar-refractivity contribution in [1.82, 2.24) is 55.6 Å². The van der Waals surface area contributed by atoms with E-state index in [1.165, 1.54) is 88.7 Å². The summed E-state index contributed by atoms with van der Waals surface area (Å²) in [4.78, 5) is 167. The van der Waals surface area contributed by atoms with Crippen LogP contribution in [0, 0.1) is 24.7 Å². The molecular weight excluding hydrogens is 1190 g/mol. The van der Waals surface area contributed by atoms with E-state index in [0.717, 1.165) is 32.4 Å². The molecule has 0 aliphatic carbocycles. The third-order valence-electron chi connectivity index (χ3n) is 17.5. The molecule has 2 aliphatic rings. The molecule has 90 heavy (non-hydrogen) atoms. The first-order valence-corrected chi connectivity index (χ1v) is 31.1. The molecule has 500 valence electrons. The normalized spacial score (nSPS) is 25.0. The highest BCUT2D eigenvalue weighted by Gasteiger charge is 2.45. The van der Waals surface area contributed by atoms with Crippen molar-refractivity contribution in [1.29, 1.82) is 0 Å². The molecule has 2 saturated heterocycles. The van der Waals surface area contributed by atoms with Crippen molar-refractivity contribution in [3.05, 3.63) is 69.7 Å². The maximum atomic E-state index is 14.8. The van der Waals surface area contributed by atoms with E-state index >= 15 is 0 Å². The van der Waals surface area contributed by atoms with Crippen molar-refractivity contribution in [2.75, 3.05) is 61.9 Å². The quantitative estimate of drug-likeness (QED) is 0.242. The molecule has 4 rings (SSSR count). The fraction of sp³-hybridized carbons (Fsp3) is 0.641. The van der Waals surface area contributed by atoms with Crippen LogP contribution in [0.15, 0.2) is 42.5 Å². The monoisotopic (exact) mass is 1290 g/mol. The second kappa shape index (κ2) is 32.1. The highest BCUT2D eigenvalue weighted by Crippen LogP contribution is 2.35. The minimum atomic E-state index is -4.76. The smallest absolute Gasteiger partial charge is 0.343 e. The predicted molar refractivity (Wildman–Crippen MR) is 334 cm³/mol. The van der Waals surface area contributed by atoms with E-state index in [2.05, 4.69) is 21.3 Å². The molecule has 2 heterocycles. The molecule has 2 aliphatic heterocycles. The molecule has 0 aromatic heterocycles. The number of carbonyl (C=O) groups is 11. The summed E-state index contributed by atoms with van der Waals surface area (Å²) < 4.78 is 41.2. The molecule has 0 saturated carbocycles. The predicted octanol–water partition coefficient (Wildman–Crippen LogP) is 4.60. The number of hydrogen-bond acceptors (Lipinski definition) is 11. The van der Waals surface area contributed by atoms with Crippen molar-refractivity contribution in [2.45, 2.75) is 188 Å². The van der Waals surface area contributed by atoms with Gasteiger partial charge in [0, 0.05) is 67.7 Å². The number of aryl methyl sites for hydroxylation is 2. The van der Waals surface area contributed by atoms with E-state index < -0.39 is 155 Å².